The van der Waals surface area contributed by atoms with Crippen LogP contribution in [0.5, 0.6) is 0 Å². The Balaban J connectivity index is 2.56. The molecule has 0 unspecified atom stereocenters. The number of carbonyl (C=O) groups is 1. The topological polar surface area (TPSA) is 152 Å². The molecule has 11 heteroatoms. The SMILES string of the molecule is CNC(=O)/C(N)=C(/C=C(\N)c1cc[nH]c(=O)c1)C(N)=N[C@H](C)c1cccc(C(F)F)c1F. The third-order valence-electron chi connectivity index (χ3n) is 4.52. The molecule has 1 aromatic carbocycles. The maximum absolute atomic E-state index is 14.5. The van der Waals surface area contributed by atoms with Crippen LogP contribution in [0.2, 0.25) is 0 Å². The van der Waals surface area contributed by atoms with Crippen LogP contribution in [0.15, 0.2) is 63.7 Å². The summed E-state index contributed by atoms with van der Waals surface area (Å²) in [5, 5.41) is 2.34. The molecule has 0 radical (unpaired) electrons. The fraction of sp³-hybridized carbons (Fsp3) is 0.190. The highest BCUT2D eigenvalue weighted by Crippen LogP contribution is 2.29. The quantitative estimate of drug-likeness (QED) is 0.189. The summed E-state index contributed by atoms with van der Waals surface area (Å²) < 4.78 is 40.5. The number of hydrogen-bond acceptors (Lipinski definition) is 5. The molecular formula is C21H23F3N6O2. The van der Waals surface area contributed by atoms with E-state index in [-0.39, 0.29) is 28.4 Å². The van der Waals surface area contributed by atoms with Gasteiger partial charge >= 0.3 is 0 Å². The van der Waals surface area contributed by atoms with Crippen LogP contribution in [0.4, 0.5) is 13.2 Å². The van der Waals surface area contributed by atoms with E-state index in [9.17, 15) is 22.8 Å². The van der Waals surface area contributed by atoms with Gasteiger partial charge in [0.25, 0.3) is 12.3 Å². The van der Waals surface area contributed by atoms with Gasteiger partial charge in [0.1, 0.15) is 17.3 Å². The van der Waals surface area contributed by atoms with Gasteiger partial charge in [-0.1, -0.05) is 18.2 Å². The number of hydrogen-bond donors (Lipinski definition) is 5. The maximum atomic E-state index is 14.5. The van der Waals surface area contributed by atoms with Crippen molar-refractivity contribution in [2.45, 2.75) is 19.4 Å². The van der Waals surface area contributed by atoms with Crippen molar-refractivity contribution in [2.24, 2.45) is 22.2 Å². The Labute approximate surface area is 181 Å². The number of H-pyrrole nitrogens is 1. The number of nitrogens with zero attached hydrogens (tertiary/aromatic N) is 1. The lowest BCUT2D eigenvalue weighted by Crippen LogP contribution is -2.30. The first kappa shape index (κ1) is 24.3. The Morgan fingerprint density at radius 3 is 2.44 bits per heavy atom. The molecule has 1 atom stereocenters. The summed E-state index contributed by atoms with van der Waals surface area (Å²) in [6, 6.07) is 5.30. The van der Waals surface area contributed by atoms with Gasteiger partial charge in [0.15, 0.2) is 0 Å². The molecule has 0 fully saturated rings. The molecule has 8 N–H and O–H groups in total. The number of pyridine rings is 1. The molecule has 170 valence electrons. The van der Waals surface area contributed by atoms with Crippen molar-refractivity contribution in [1.29, 1.82) is 0 Å². The van der Waals surface area contributed by atoms with Gasteiger partial charge in [-0.25, -0.2) is 13.2 Å². The Bertz CT molecular complexity index is 1150. The van der Waals surface area contributed by atoms with Crippen LogP contribution in [-0.4, -0.2) is 23.8 Å². The highest BCUT2D eigenvalue weighted by Gasteiger charge is 2.20. The summed E-state index contributed by atoms with van der Waals surface area (Å²) in [7, 11) is 1.35. The molecule has 0 aliphatic carbocycles. The number of benzene rings is 1. The molecule has 0 saturated carbocycles. The van der Waals surface area contributed by atoms with Gasteiger partial charge in [-0.05, 0) is 19.1 Å². The standard InChI is InChI=1S/C21H23F3N6O2/c1-10(12-4-3-5-13(17(12)22)19(23)24)30-20(27)14(18(26)21(32)28-2)9-15(25)11-6-7-29-16(31)8-11/h3-10,19H,25-26H2,1-2H3,(H2,27,30)(H,28,32)(H,29,31)/b15-9-,18-14+/t10-/m1/s1. The van der Waals surface area contributed by atoms with Crippen LogP contribution in [0, 0.1) is 5.82 Å². The van der Waals surface area contributed by atoms with Gasteiger partial charge < -0.3 is 27.5 Å². The largest absolute Gasteiger partial charge is 0.398 e. The van der Waals surface area contributed by atoms with Crippen LogP contribution in [0.1, 0.15) is 36.1 Å². The molecule has 0 aliphatic rings. The molecule has 32 heavy (non-hydrogen) atoms. The third-order valence-corrected chi connectivity index (χ3v) is 4.52. The van der Waals surface area contributed by atoms with E-state index in [0.29, 0.717) is 5.56 Å². The van der Waals surface area contributed by atoms with Gasteiger partial charge in [0.2, 0.25) is 5.56 Å². The van der Waals surface area contributed by atoms with Crippen molar-refractivity contribution < 1.29 is 18.0 Å². The van der Waals surface area contributed by atoms with Crippen molar-refractivity contribution in [3.63, 3.8) is 0 Å². The number of aromatic nitrogens is 1. The number of amides is 1. The van der Waals surface area contributed by atoms with E-state index in [2.05, 4.69) is 15.3 Å². The molecule has 0 bridgehead atoms. The van der Waals surface area contributed by atoms with Crippen molar-refractivity contribution >= 4 is 17.4 Å². The van der Waals surface area contributed by atoms with E-state index < -0.39 is 35.3 Å². The van der Waals surface area contributed by atoms with Gasteiger partial charge in [-0.2, -0.15) is 0 Å². The second-order valence-corrected chi connectivity index (χ2v) is 6.69. The molecule has 2 aromatic rings. The lowest BCUT2D eigenvalue weighted by molar-refractivity contribution is -0.117. The minimum atomic E-state index is -3.00. The number of alkyl halides is 2. The van der Waals surface area contributed by atoms with E-state index >= 15 is 0 Å². The number of halogens is 3. The number of likely N-dealkylation sites (N-methyl/N-ethyl adjacent to an activating group) is 1. The van der Waals surface area contributed by atoms with Crippen LogP contribution in [0.3, 0.4) is 0 Å². The number of nitrogens with one attached hydrogen (secondary N) is 2. The smallest absolute Gasteiger partial charge is 0.267 e. The van der Waals surface area contributed by atoms with Gasteiger partial charge in [0, 0.05) is 41.7 Å². The number of amidine groups is 1. The maximum Gasteiger partial charge on any atom is 0.267 e. The number of rotatable bonds is 7. The zero-order chi connectivity index (χ0) is 24.0. The average molecular weight is 448 g/mol. The summed E-state index contributed by atoms with van der Waals surface area (Å²) >= 11 is 0. The molecular weight excluding hydrogens is 425 g/mol. The first-order chi connectivity index (χ1) is 15.1. The second kappa shape index (κ2) is 10.3. The molecule has 2 rings (SSSR count). The molecule has 1 heterocycles. The number of nitrogens with two attached hydrogens (primary N) is 3. The van der Waals surface area contributed by atoms with Crippen LogP contribution in [0.25, 0.3) is 5.70 Å². The summed E-state index contributed by atoms with van der Waals surface area (Å²) in [4.78, 5) is 30.2. The molecule has 0 aliphatic heterocycles. The molecule has 1 amide bonds. The van der Waals surface area contributed by atoms with E-state index in [1.807, 2.05) is 0 Å². The lowest BCUT2D eigenvalue weighted by Gasteiger charge is -2.14. The predicted molar refractivity (Wildman–Crippen MR) is 116 cm³/mol. The van der Waals surface area contributed by atoms with Crippen molar-refractivity contribution in [2.75, 3.05) is 7.05 Å². The molecule has 8 nitrogen and oxygen atoms in total. The number of aromatic amines is 1. The zero-order valence-corrected chi connectivity index (χ0v) is 17.3. The fourth-order valence-electron chi connectivity index (χ4n) is 2.82. The van der Waals surface area contributed by atoms with E-state index in [0.717, 1.165) is 6.07 Å². The Morgan fingerprint density at radius 2 is 1.84 bits per heavy atom. The number of carbonyl (C=O) groups excluding carboxylic acids is 1. The van der Waals surface area contributed by atoms with Crippen LogP contribution >= 0.6 is 0 Å². The van der Waals surface area contributed by atoms with E-state index in [4.69, 9.17) is 17.2 Å². The number of aliphatic imine (C=N–C) groups is 1. The van der Waals surface area contributed by atoms with Crippen LogP contribution in [-0.2, 0) is 4.79 Å². The fourth-order valence-corrected chi connectivity index (χ4v) is 2.82. The van der Waals surface area contributed by atoms with Crippen molar-refractivity contribution in [1.82, 2.24) is 10.3 Å². The normalized spacial score (nSPS) is 14.2. The molecule has 0 saturated heterocycles. The van der Waals surface area contributed by atoms with Crippen LogP contribution < -0.4 is 28.1 Å². The van der Waals surface area contributed by atoms with Crippen molar-refractivity contribution in [3.05, 3.63) is 86.7 Å². The third kappa shape index (κ3) is 5.56. The highest BCUT2D eigenvalue weighted by atomic mass is 19.3. The summed E-state index contributed by atoms with van der Waals surface area (Å²) in [6.45, 7) is 1.44. The first-order valence-electron chi connectivity index (χ1n) is 9.35. The predicted octanol–water partition coefficient (Wildman–Crippen LogP) is 1.83. The van der Waals surface area contributed by atoms with E-state index in [1.54, 1.807) is 0 Å². The minimum absolute atomic E-state index is 0.0506. The zero-order valence-electron chi connectivity index (χ0n) is 17.3. The average Bonchev–Trinajstić information content (AvgIpc) is 2.75. The van der Waals surface area contributed by atoms with Gasteiger partial charge in [-0.15, -0.1) is 0 Å². The van der Waals surface area contributed by atoms with Crippen molar-refractivity contribution in [3.8, 4) is 0 Å². The Kier molecular flexibility index (Phi) is 7.83. The van der Waals surface area contributed by atoms with Gasteiger partial charge in [-0.3, -0.25) is 14.6 Å². The summed E-state index contributed by atoms with van der Waals surface area (Å²) in [6.07, 6.45) is -0.376. The molecule has 0 spiro atoms. The second-order valence-electron chi connectivity index (χ2n) is 6.69. The summed E-state index contributed by atoms with van der Waals surface area (Å²) in [5.41, 5.74) is 16.7. The van der Waals surface area contributed by atoms with E-state index in [1.165, 1.54) is 50.5 Å². The first-order valence-corrected chi connectivity index (χ1v) is 9.35. The minimum Gasteiger partial charge on any atom is -0.398 e. The van der Waals surface area contributed by atoms with Gasteiger partial charge in [0.05, 0.1) is 11.6 Å². The molecule has 1 aromatic heterocycles. The highest BCUT2D eigenvalue weighted by molar-refractivity contribution is 6.08. The lowest BCUT2D eigenvalue weighted by atomic mass is 10.0. The Hall–Kier alpha value is -4.02. The summed E-state index contributed by atoms with van der Waals surface area (Å²) in [5.74, 6) is -2.07. The monoisotopic (exact) mass is 448 g/mol. The Morgan fingerprint density at radius 1 is 1.19 bits per heavy atom.